The normalized spacial score (nSPS) is 25.9. The zero-order chi connectivity index (χ0) is 28.7. The zero-order valence-corrected chi connectivity index (χ0v) is 25.0. The van der Waals surface area contributed by atoms with Crippen LogP contribution in [0.2, 0.25) is 0 Å². The van der Waals surface area contributed by atoms with Gasteiger partial charge in [0.2, 0.25) is 0 Å². The van der Waals surface area contributed by atoms with Crippen LogP contribution < -0.4 is 5.46 Å². The Kier molecular flexibility index (Phi) is 6.43. The maximum absolute atomic E-state index is 13.8. The van der Waals surface area contributed by atoms with E-state index in [9.17, 15) is 9.59 Å². The summed E-state index contributed by atoms with van der Waals surface area (Å²) in [6, 6.07) is 5.36. The molecule has 1 aliphatic carbocycles. The quantitative estimate of drug-likeness (QED) is 0.460. The molecule has 1 amide bonds. The summed E-state index contributed by atoms with van der Waals surface area (Å²) in [7, 11) is -0.592. The maximum atomic E-state index is 13.8. The molecule has 2 aliphatic heterocycles. The van der Waals surface area contributed by atoms with Gasteiger partial charge in [0.05, 0.1) is 28.3 Å². The van der Waals surface area contributed by atoms with Gasteiger partial charge in [-0.05, 0) is 112 Å². The SMILES string of the molecule is CC(C)(C)OC(=O)N1C2CC[C@@H](C2)[C@H]1c1nc2ccc(B3OC(C)(C)C(C)(C)O3)cc2n1C(=O)OC(C)(C)C. The van der Waals surface area contributed by atoms with Crippen molar-refractivity contribution in [3.63, 3.8) is 0 Å². The molecule has 0 radical (unpaired) electrons. The number of nitrogens with zero attached hydrogens (tertiary/aromatic N) is 3. The fourth-order valence-corrected chi connectivity index (χ4v) is 5.83. The van der Waals surface area contributed by atoms with E-state index in [0.29, 0.717) is 16.9 Å². The standard InChI is InChI=1S/C29H42BN3O6/c1-26(2,3)36-24(34)32-19-13-11-17(15-19)22(32)23-31-20-14-12-18(30-38-28(7,8)29(9,10)39-30)16-21(20)33(23)25(35)37-27(4,5)6/h12,14,16-17,19,22H,11,13,15H2,1-10H3/t17-,19?,22-/m0/s1. The van der Waals surface area contributed by atoms with E-state index in [1.54, 1.807) is 4.90 Å². The second kappa shape index (κ2) is 8.96. The minimum atomic E-state index is -0.714. The summed E-state index contributed by atoms with van der Waals surface area (Å²) in [5.74, 6) is 0.687. The Labute approximate surface area is 231 Å². The van der Waals surface area contributed by atoms with Crippen molar-refractivity contribution in [3.05, 3.63) is 24.0 Å². The third-order valence-corrected chi connectivity index (χ3v) is 8.26. The van der Waals surface area contributed by atoms with Gasteiger partial charge in [-0.2, -0.15) is 0 Å². The van der Waals surface area contributed by atoms with Crippen LogP contribution in [0.3, 0.4) is 0 Å². The van der Waals surface area contributed by atoms with Crippen LogP contribution in [0.4, 0.5) is 9.59 Å². The van der Waals surface area contributed by atoms with Crippen molar-refractivity contribution in [2.24, 2.45) is 5.92 Å². The number of benzene rings is 1. The van der Waals surface area contributed by atoms with Crippen molar-refractivity contribution in [2.75, 3.05) is 0 Å². The molecule has 2 bridgehead atoms. The van der Waals surface area contributed by atoms with Gasteiger partial charge < -0.3 is 18.8 Å². The second-order valence-electron chi connectivity index (χ2n) is 14.2. The highest BCUT2D eigenvalue weighted by Crippen LogP contribution is 2.51. The zero-order valence-electron chi connectivity index (χ0n) is 25.0. The van der Waals surface area contributed by atoms with Gasteiger partial charge in [0.15, 0.2) is 0 Å². The predicted molar refractivity (Wildman–Crippen MR) is 149 cm³/mol. The summed E-state index contributed by atoms with van der Waals surface area (Å²) >= 11 is 0. The van der Waals surface area contributed by atoms with E-state index in [-0.39, 0.29) is 24.1 Å². The Hall–Kier alpha value is -2.59. The highest BCUT2D eigenvalue weighted by Gasteiger charge is 2.53. The van der Waals surface area contributed by atoms with Crippen LogP contribution in [0.15, 0.2) is 18.2 Å². The van der Waals surface area contributed by atoms with Gasteiger partial charge in [0.25, 0.3) is 0 Å². The number of rotatable bonds is 2. The van der Waals surface area contributed by atoms with Crippen molar-refractivity contribution < 1.29 is 28.4 Å². The molecular formula is C29H42BN3O6. The highest BCUT2D eigenvalue weighted by atomic mass is 16.7. The fraction of sp³-hybridized carbons (Fsp3) is 0.690. The Morgan fingerprint density at radius 3 is 2.13 bits per heavy atom. The molecule has 5 rings (SSSR count). The number of likely N-dealkylation sites (tertiary alicyclic amines) is 1. The van der Waals surface area contributed by atoms with Crippen LogP contribution in [0.25, 0.3) is 11.0 Å². The Bertz CT molecular complexity index is 1290. The molecule has 2 aromatic rings. The van der Waals surface area contributed by atoms with E-state index in [1.165, 1.54) is 4.57 Å². The van der Waals surface area contributed by atoms with Crippen molar-refractivity contribution >= 4 is 35.8 Å². The lowest BCUT2D eigenvalue weighted by molar-refractivity contribution is 0.00506. The number of ether oxygens (including phenoxy) is 2. The van der Waals surface area contributed by atoms with E-state index in [0.717, 1.165) is 24.7 Å². The number of hydrogen-bond donors (Lipinski definition) is 0. The molecule has 9 nitrogen and oxygen atoms in total. The van der Waals surface area contributed by atoms with Gasteiger partial charge in [0.1, 0.15) is 17.0 Å². The molecule has 3 aliphatic rings. The van der Waals surface area contributed by atoms with Crippen molar-refractivity contribution in [1.29, 1.82) is 0 Å². The van der Waals surface area contributed by atoms with E-state index in [4.69, 9.17) is 23.8 Å². The van der Waals surface area contributed by atoms with E-state index >= 15 is 0 Å². The molecule has 39 heavy (non-hydrogen) atoms. The molecule has 212 valence electrons. The first-order valence-electron chi connectivity index (χ1n) is 14.0. The molecule has 3 heterocycles. The summed E-state index contributed by atoms with van der Waals surface area (Å²) in [4.78, 5) is 33.9. The van der Waals surface area contributed by atoms with E-state index in [2.05, 4.69) is 0 Å². The lowest BCUT2D eigenvalue weighted by Crippen LogP contribution is -2.44. The lowest BCUT2D eigenvalue weighted by Gasteiger charge is -2.36. The van der Waals surface area contributed by atoms with Crippen LogP contribution in [0, 0.1) is 5.92 Å². The average molecular weight is 539 g/mol. The molecule has 3 atom stereocenters. The number of carbonyl (C=O) groups is 2. The maximum Gasteiger partial charge on any atom is 0.494 e. The Morgan fingerprint density at radius 1 is 0.949 bits per heavy atom. The number of carbonyl (C=O) groups excluding carboxylic acids is 2. The number of fused-ring (bicyclic) bond motifs is 3. The number of aromatic nitrogens is 2. The molecule has 1 saturated carbocycles. The first-order chi connectivity index (χ1) is 17.9. The third kappa shape index (κ3) is 5.06. The average Bonchev–Trinajstić information content (AvgIpc) is 3.50. The number of hydrogen-bond acceptors (Lipinski definition) is 7. The summed E-state index contributed by atoms with van der Waals surface area (Å²) in [6.45, 7) is 19.1. The molecule has 0 N–H and O–H groups in total. The summed E-state index contributed by atoms with van der Waals surface area (Å²) in [5.41, 5.74) is -0.323. The minimum Gasteiger partial charge on any atom is -0.444 e. The van der Waals surface area contributed by atoms with Crippen molar-refractivity contribution in [1.82, 2.24) is 14.5 Å². The smallest absolute Gasteiger partial charge is 0.444 e. The largest absolute Gasteiger partial charge is 0.494 e. The van der Waals surface area contributed by atoms with Gasteiger partial charge in [-0.25, -0.2) is 19.1 Å². The predicted octanol–water partition coefficient (Wildman–Crippen LogP) is 5.58. The number of imidazole rings is 1. The third-order valence-electron chi connectivity index (χ3n) is 8.26. The highest BCUT2D eigenvalue weighted by molar-refractivity contribution is 6.62. The monoisotopic (exact) mass is 539 g/mol. The van der Waals surface area contributed by atoms with Crippen LogP contribution in [0.5, 0.6) is 0 Å². The molecular weight excluding hydrogens is 497 g/mol. The first kappa shape index (κ1) is 28.0. The number of piperidine rings is 1. The van der Waals surface area contributed by atoms with Crippen LogP contribution in [-0.4, -0.2) is 62.2 Å². The van der Waals surface area contributed by atoms with E-state index < -0.39 is 35.6 Å². The van der Waals surface area contributed by atoms with Gasteiger partial charge >= 0.3 is 19.3 Å². The van der Waals surface area contributed by atoms with Gasteiger partial charge in [-0.1, -0.05) is 6.07 Å². The Balaban J connectivity index is 1.62. The summed E-state index contributed by atoms with van der Waals surface area (Å²) in [6.07, 6.45) is 1.84. The van der Waals surface area contributed by atoms with Crippen molar-refractivity contribution in [3.8, 4) is 0 Å². The molecule has 3 fully saturated rings. The Morgan fingerprint density at radius 2 is 1.54 bits per heavy atom. The van der Waals surface area contributed by atoms with Gasteiger partial charge in [0, 0.05) is 6.04 Å². The molecule has 1 aromatic carbocycles. The molecule has 10 heteroatoms. The molecule has 2 saturated heterocycles. The van der Waals surface area contributed by atoms with Crippen LogP contribution in [-0.2, 0) is 18.8 Å². The second-order valence-corrected chi connectivity index (χ2v) is 14.2. The van der Waals surface area contributed by atoms with Crippen LogP contribution in [0.1, 0.15) is 100 Å². The van der Waals surface area contributed by atoms with Gasteiger partial charge in [-0.3, -0.25) is 4.90 Å². The number of amides is 1. The summed E-state index contributed by atoms with van der Waals surface area (Å²) in [5, 5.41) is 0. The van der Waals surface area contributed by atoms with Crippen molar-refractivity contribution in [2.45, 2.75) is 123 Å². The molecule has 1 aromatic heterocycles. The van der Waals surface area contributed by atoms with Gasteiger partial charge in [-0.15, -0.1) is 0 Å². The van der Waals surface area contributed by atoms with Crippen LogP contribution >= 0.6 is 0 Å². The minimum absolute atomic E-state index is 0.0575. The molecule has 1 unspecified atom stereocenters. The first-order valence-corrected chi connectivity index (χ1v) is 14.0. The fourth-order valence-electron chi connectivity index (χ4n) is 5.83. The van der Waals surface area contributed by atoms with E-state index in [1.807, 2.05) is 87.4 Å². The lowest BCUT2D eigenvalue weighted by atomic mass is 9.79. The topological polar surface area (TPSA) is 92.1 Å². The molecule has 0 spiro atoms. The summed E-state index contributed by atoms with van der Waals surface area (Å²) < 4.78 is 25.8.